The van der Waals surface area contributed by atoms with Crippen LogP contribution in [0.25, 0.3) is 32.7 Å². The number of rotatable bonds is 3. The molecule has 0 amide bonds. The molecule has 0 radical (unpaired) electrons. The van der Waals surface area contributed by atoms with E-state index in [2.05, 4.69) is 90.2 Å². The zero-order valence-corrected chi connectivity index (χ0v) is 25.3. The lowest BCUT2D eigenvalue weighted by Gasteiger charge is -2.31. The van der Waals surface area contributed by atoms with E-state index in [1.165, 1.54) is 11.1 Å². The zero-order valence-electron chi connectivity index (χ0n) is 25.3. The summed E-state index contributed by atoms with van der Waals surface area (Å²) in [7, 11) is 0. The third kappa shape index (κ3) is 3.93. The predicted octanol–water partition coefficient (Wildman–Crippen LogP) is 4.99. The molecule has 0 unspecified atom stereocenters. The van der Waals surface area contributed by atoms with Crippen LogP contribution in [-0.2, 0) is 4.79 Å². The minimum Gasteiger partial charge on any atom is -0.506 e. The number of Topliss-reactive ketones (excluding diaryl/α,β-unsaturated/α-hetero) is 1. The van der Waals surface area contributed by atoms with Crippen LogP contribution in [0.1, 0.15) is 16.7 Å². The van der Waals surface area contributed by atoms with E-state index in [-0.39, 0.29) is 25.5 Å². The fraction of sp³-hybridized carbons (Fsp3) is 0.0526. The Morgan fingerprint density at radius 1 is 0.630 bits per heavy atom. The van der Waals surface area contributed by atoms with Crippen LogP contribution in [0, 0.1) is 13.8 Å². The topological polar surface area (TPSA) is 85.8 Å². The van der Waals surface area contributed by atoms with Gasteiger partial charge in [0.15, 0.2) is 0 Å². The monoisotopic (exact) mass is 594 g/mol. The molecule has 6 aromatic rings. The van der Waals surface area contributed by atoms with E-state index >= 15 is 0 Å². The maximum atomic E-state index is 14.2. The number of allylic oxidation sites excluding steroid dienone is 2. The predicted molar refractivity (Wildman–Crippen MR) is 191 cm³/mol. The number of carbonyl (C=O) groups is 1. The van der Waals surface area contributed by atoms with Crippen LogP contribution in [0.3, 0.4) is 0 Å². The minimum atomic E-state index is -0.319. The van der Waals surface area contributed by atoms with Crippen molar-refractivity contribution in [1.82, 2.24) is 0 Å². The molecule has 8 heteroatoms. The first-order valence-corrected chi connectivity index (χ1v) is 15.6. The molecule has 6 nitrogen and oxygen atoms in total. The van der Waals surface area contributed by atoms with Crippen molar-refractivity contribution >= 4 is 80.4 Å². The molecule has 2 heterocycles. The van der Waals surface area contributed by atoms with Gasteiger partial charge in [-0.15, -0.1) is 0 Å². The molecule has 6 aromatic carbocycles. The second-order valence-corrected chi connectivity index (χ2v) is 12.4. The van der Waals surface area contributed by atoms with Gasteiger partial charge in [-0.25, -0.2) is 0 Å². The third-order valence-corrected chi connectivity index (χ3v) is 9.47. The quantitative estimate of drug-likeness (QED) is 0.217. The number of aliphatic hydroxyl groups excluding tert-OH is 1. The molecule has 0 atom stereocenters. The fourth-order valence-corrected chi connectivity index (χ4v) is 7.05. The van der Waals surface area contributed by atoms with Gasteiger partial charge >= 0.3 is 14.0 Å². The number of hydrogen-bond acceptors (Lipinski definition) is 6. The number of benzene rings is 6. The normalized spacial score (nSPS) is 16.1. The van der Waals surface area contributed by atoms with Crippen LogP contribution in [-0.4, -0.2) is 24.9 Å². The molecule has 1 aliphatic carbocycles. The van der Waals surface area contributed by atoms with Crippen molar-refractivity contribution in [2.24, 2.45) is 4.90 Å². The van der Waals surface area contributed by atoms with Gasteiger partial charge in [-0.2, -0.15) is 0 Å². The van der Waals surface area contributed by atoms with E-state index in [0.717, 1.165) is 54.9 Å². The maximum absolute atomic E-state index is 14.2. The van der Waals surface area contributed by atoms with Crippen LogP contribution in [0.5, 0.6) is 0 Å². The first-order chi connectivity index (χ1) is 22.4. The Balaban J connectivity index is 1.24. The average Bonchev–Trinajstić information content (AvgIpc) is 3.08. The minimum absolute atomic E-state index is 0.000927. The van der Waals surface area contributed by atoms with Crippen molar-refractivity contribution in [1.29, 1.82) is 0 Å². The highest BCUT2D eigenvalue weighted by atomic mass is 16.3. The Bertz CT molecular complexity index is 2460. The number of carbonyl (C=O) groups excluding carboxylic acids is 1. The molecule has 218 valence electrons. The summed E-state index contributed by atoms with van der Waals surface area (Å²) < 4.78 is 0. The molecule has 0 aromatic heterocycles. The standard InChI is InChI=1S/C38H28B2N4O2/c1-21-9-15-25(16-10-21)39-41-29-7-3-5-23-13-19-27(35(43-39)31(23)29)33-37(45)34(38(33)46)28-20-14-24-6-4-8-30-32(24)36(28)44-40(42-30)26-17-11-22(2)12-18-26/h3-20,41-43,45H,1-2H3. The Morgan fingerprint density at radius 2 is 1.26 bits per heavy atom. The van der Waals surface area contributed by atoms with Gasteiger partial charge in [-0.3, -0.25) is 4.79 Å². The summed E-state index contributed by atoms with van der Waals surface area (Å²) in [4.78, 5) is 19.3. The summed E-state index contributed by atoms with van der Waals surface area (Å²) in [6, 6.07) is 36.8. The smallest absolute Gasteiger partial charge is 0.427 e. The van der Waals surface area contributed by atoms with Crippen molar-refractivity contribution < 1.29 is 9.90 Å². The summed E-state index contributed by atoms with van der Waals surface area (Å²) in [5.41, 5.74) is 8.57. The van der Waals surface area contributed by atoms with E-state index in [9.17, 15) is 9.90 Å². The van der Waals surface area contributed by atoms with E-state index in [0.29, 0.717) is 21.9 Å². The number of aliphatic hydroxyl groups is 1. The summed E-state index contributed by atoms with van der Waals surface area (Å²) in [6.45, 7) is 3.62. The van der Waals surface area contributed by atoms with Crippen molar-refractivity contribution in [3.63, 3.8) is 0 Å². The van der Waals surface area contributed by atoms with Gasteiger partial charge in [-0.1, -0.05) is 108 Å². The summed E-state index contributed by atoms with van der Waals surface area (Å²) >= 11 is 0. The molecule has 46 heavy (non-hydrogen) atoms. The lowest BCUT2D eigenvalue weighted by molar-refractivity contribution is -0.109. The lowest BCUT2D eigenvalue weighted by Crippen LogP contribution is -2.48. The highest BCUT2D eigenvalue weighted by Gasteiger charge is 2.39. The fourth-order valence-electron chi connectivity index (χ4n) is 7.05. The average molecular weight is 594 g/mol. The number of nitrogens with zero attached hydrogens (tertiary/aromatic N) is 1. The second-order valence-electron chi connectivity index (χ2n) is 12.4. The molecule has 0 saturated heterocycles. The number of nitrogens with one attached hydrogen (secondary N) is 3. The largest absolute Gasteiger partial charge is 0.506 e. The highest BCUT2D eigenvalue weighted by molar-refractivity contribution is 6.80. The summed E-state index contributed by atoms with van der Waals surface area (Å²) in [6.07, 6.45) is 0. The molecule has 3 aliphatic rings. The zero-order chi connectivity index (χ0) is 31.1. The molecule has 0 fully saturated rings. The van der Waals surface area contributed by atoms with Gasteiger partial charge in [0, 0.05) is 38.6 Å². The van der Waals surface area contributed by atoms with Crippen LogP contribution in [0.2, 0.25) is 0 Å². The van der Waals surface area contributed by atoms with Gasteiger partial charge in [0.2, 0.25) is 5.78 Å². The SMILES string of the molecule is Cc1ccc(B2N=c3c(=C4C(=O)C(c5ccc6cccc7c6c5NB(c5ccc(C)cc5)N7)=C4O)ccc4cccc(c34)N2)cc1. The van der Waals surface area contributed by atoms with Crippen LogP contribution in [0.4, 0.5) is 17.1 Å². The van der Waals surface area contributed by atoms with E-state index in [4.69, 9.17) is 4.90 Å². The number of hydrogen-bond donors (Lipinski definition) is 4. The number of aryl methyl sites for hydroxylation is 2. The molecular weight excluding hydrogens is 566 g/mol. The first kappa shape index (κ1) is 26.6. The number of ketones is 1. The molecule has 0 bridgehead atoms. The highest BCUT2D eigenvalue weighted by Crippen LogP contribution is 2.45. The van der Waals surface area contributed by atoms with Crippen molar-refractivity contribution in [3.05, 3.63) is 142 Å². The van der Waals surface area contributed by atoms with E-state index < -0.39 is 0 Å². The van der Waals surface area contributed by atoms with Crippen molar-refractivity contribution in [2.45, 2.75) is 13.8 Å². The lowest BCUT2D eigenvalue weighted by atomic mass is 9.65. The van der Waals surface area contributed by atoms with Gasteiger partial charge < -0.3 is 25.7 Å². The van der Waals surface area contributed by atoms with Crippen molar-refractivity contribution in [3.8, 4) is 0 Å². The summed E-state index contributed by atoms with van der Waals surface area (Å²) in [5, 5.41) is 28.0. The third-order valence-electron chi connectivity index (χ3n) is 9.47. The summed E-state index contributed by atoms with van der Waals surface area (Å²) in [5.74, 6) is -0.189. The molecular formula is C38H28B2N4O2. The van der Waals surface area contributed by atoms with E-state index in [1.54, 1.807) is 0 Å². The van der Waals surface area contributed by atoms with Gasteiger partial charge in [0.1, 0.15) is 5.76 Å². The van der Waals surface area contributed by atoms with Gasteiger partial charge in [0.25, 0.3) is 0 Å². The Labute approximate surface area is 266 Å². The number of anilines is 3. The Hall–Kier alpha value is -5.75. The first-order valence-electron chi connectivity index (χ1n) is 15.6. The Morgan fingerprint density at radius 3 is 1.96 bits per heavy atom. The van der Waals surface area contributed by atoms with Crippen LogP contribution in [0.15, 0.2) is 120 Å². The Kier molecular flexibility index (Phi) is 5.72. The van der Waals surface area contributed by atoms with E-state index in [1.807, 2.05) is 48.5 Å². The molecule has 4 N–H and O–H groups in total. The van der Waals surface area contributed by atoms with Crippen LogP contribution >= 0.6 is 0 Å². The molecule has 2 aliphatic heterocycles. The molecule has 0 spiro atoms. The molecule has 0 saturated carbocycles. The van der Waals surface area contributed by atoms with Crippen LogP contribution < -0.4 is 37.2 Å². The second kappa shape index (κ2) is 9.88. The maximum Gasteiger partial charge on any atom is 0.427 e. The van der Waals surface area contributed by atoms with Crippen molar-refractivity contribution in [2.75, 3.05) is 15.7 Å². The van der Waals surface area contributed by atoms with Gasteiger partial charge in [0.05, 0.1) is 16.5 Å². The molecule has 9 rings (SSSR count). The van der Waals surface area contributed by atoms with Gasteiger partial charge in [-0.05, 0) is 47.7 Å².